The monoisotopic (exact) mass is 374 g/mol. The van der Waals surface area contributed by atoms with Crippen molar-refractivity contribution in [2.24, 2.45) is 4.99 Å². The third kappa shape index (κ3) is 6.27. The van der Waals surface area contributed by atoms with Gasteiger partial charge in [0.05, 0.1) is 13.1 Å². The van der Waals surface area contributed by atoms with Crippen molar-refractivity contribution in [3.8, 4) is 5.75 Å². The number of aliphatic imine (C=N–C) groups is 1. The zero-order valence-corrected chi connectivity index (χ0v) is 16.5. The number of ether oxygens (including phenoxy) is 1. The number of nitrogens with one attached hydrogen (secondary N) is 1. The van der Waals surface area contributed by atoms with E-state index in [0.717, 1.165) is 23.8 Å². The number of guanidine groups is 1. The molecule has 0 radical (unpaired) electrons. The lowest BCUT2D eigenvalue weighted by molar-refractivity contribution is -0.147. The third-order valence-electron chi connectivity index (χ3n) is 4.44. The Morgan fingerprint density at radius 3 is 2.63 bits per heavy atom. The standard InChI is InChI=1S/C20H30N4O3/c1-4-21-20(22-12-13-24-18(25)10-7-11-19(24)26)23(3)14-15-27-17-9-6-5-8-16(17)2/h5-6,8-9H,4,7,10-15H2,1-3H3,(H,21,22). The van der Waals surface area contributed by atoms with E-state index in [1.165, 1.54) is 4.90 Å². The zero-order chi connectivity index (χ0) is 19.6. The molecular formula is C20H30N4O3. The molecule has 1 fully saturated rings. The van der Waals surface area contributed by atoms with Crippen LogP contribution in [-0.2, 0) is 9.59 Å². The summed E-state index contributed by atoms with van der Waals surface area (Å²) in [5.74, 6) is 1.44. The van der Waals surface area contributed by atoms with Crippen LogP contribution >= 0.6 is 0 Å². The summed E-state index contributed by atoms with van der Waals surface area (Å²) in [6.07, 6.45) is 1.56. The van der Waals surface area contributed by atoms with Gasteiger partial charge < -0.3 is 15.0 Å². The Morgan fingerprint density at radius 2 is 1.96 bits per heavy atom. The van der Waals surface area contributed by atoms with Gasteiger partial charge in [0.2, 0.25) is 11.8 Å². The Kier molecular flexibility index (Phi) is 8.10. The number of amides is 2. The number of hydrogen-bond donors (Lipinski definition) is 1. The van der Waals surface area contributed by atoms with Gasteiger partial charge >= 0.3 is 0 Å². The van der Waals surface area contributed by atoms with Crippen LogP contribution in [0.25, 0.3) is 0 Å². The second kappa shape index (κ2) is 10.5. The molecule has 2 rings (SSSR count). The van der Waals surface area contributed by atoms with E-state index in [0.29, 0.717) is 45.5 Å². The summed E-state index contributed by atoms with van der Waals surface area (Å²) >= 11 is 0. The molecule has 0 aliphatic carbocycles. The van der Waals surface area contributed by atoms with Crippen LogP contribution in [0.1, 0.15) is 31.7 Å². The highest BCUT2D eigenvalue weighted by Gasteiger charge is 2.25. The maximum absolute atomic E-state index is 11.9. The number of carbonyl (C=O) groups is 2. The predicted octanol–water partition coefficient (Wildman–Crippen LogP) is 1.81. The second-order valence-electron chi connectivity index (χ2n) is 6.56. The molecule has 0 spiro atoms. The number of piperidine rings is 1. The first-order chi connectivity index (χ1) is 13.0. The van der Waals surface area contributed by atoms with Crippen molar-refractivity contribution in [3.05, 3.63) is 29.8 Å². The molecule has 1 aliphatic heterocycles. The van der Waals surface area contributed by atoms with E-state index in [4.69, 9.17) is 4.74 Å². The Labute approximate surface area is 161 Å². The Balaban J connectivity index is 1.84. The molecule has 7 heteroatoms. The van der Waals surface area contributed by atoms with Gasteiger partial charge in [0, 0.05) is 33.0 Å². The summed E-state index contributed by atoms with van der Waals surface area (Å²) < 4.78 is 5.84. The van der Waals surface area contributed by atoms with Crippen molar-refractivity contribution < 1.29 is 14.3 Å². The van der Waals surface area contributed by atoms with Gasteiger partial charge in [0.25, 0.3) is 0 Å². The van der Waals surface area contributed by atoms with E-state index in [1.807, 2.05) is 50.1 Å². The largest absolute Gasteiger partial charge is 0.491 e. The number of para-hydroxylation sites is 1. The molecule has 1 aliphatic rings. The maximum atomic E-state index is 11.9. The second-order valence-corrected chi connectivity index (χ2v) is 6.56. The fourth-order valence-electron chi connectivity index (χ4n) is 2.89. The minimum Gasteiger partial charge on any atom is -0.491 e. The lowest BCUT2D eigenvalue weighted by Crippen LogP contribution is -2.43. The average molecular weight is 374 g/mol. The number of aryl methyl sites for hydroxylation is 1. The summed E-state index contributed by atoms with van der Waals surface area (Å²) in [7, 11) is 1.94. The molecule has 7 nitrogen and oxygen atoms in total. The van der Waals surface area contributed by atoms with Gasteiger partial charge in [0.15, 0.2) is 5.96 Å². The van der Waals surface area contributed by atoms with Crippen molar-refractivity contribution in [3.63, 3.8) is 0 Å². The molecule has 2 amide bonds. The van der Waals surface area contributed by atoms with Gasteiger partial charge in [-0.3, -0.25) is 19.5 Å². The van der Waals surface area contributed by atoms with Crippen molar-refractivity contribution >= 4 is 17.8 Å². The molecule has 1 saturated heterocycles. The van der Waals surface area contributed by atoms with Crippen molar-refractivity contribution in [2.75, 3.05) is 39.8 Å². The lowest BCUT2D eigenvalue weighted by atomic mass is 10.1. The predicted molar refractivity (Wildman–Crippen MR) is 106 cm³/mol. The SMILES string of the molecule is CCNC(=NCCN1C(=O)CCCC1=O)N(C)CCOc1ccccc1C. The summed E-state index contributed by atoms with van der Waals surface area (Å²) in [4.78, 5) is 31.6. The van der Waals surface area contributed by atoms with E-state index >= 15 is 0 Å². The highest BCUT2D eigenvalue weighted by atomic mass is 16.5. The van der Waals surface area contributed by atoms with E-state index in [2.05, 4.69) is 10.3 Å². The smallest absolute Gasteiger partial charge is 0.229 e. The number of imide groups is 1. The maximum Gasteiger partial charge on any atom is 0.229 e. The Morgan fingerprint density at radius 1 is 1.26 bits per heavy atom. The van der Waals surface area contributed by atoms with E-state index in [-0.39, 0.29) is 11.8 Å². The lowest BCUT2D eigenvalue weighted by Gasteiger charge is -2.25. The van der Waals surface area contributed by atoms with Crippen LogP contribution in [0.2, 0.25) is 0 Å². The first-order valence-corrected chi connectivity index (χ1v) is 9.54. The van der Waals surface area contributed by atoms with Crippen LogP contribution in [0.5, 0.6) is 5.75 Å². The Bertz CT molecular complexity index is 659. The van der Waals surface area contributed by atoms with E-state index in [1.54, 1.807) is 0 Å². The highest BCUT2D eigenvalue weighted by molar-refractivity contribution is 5.97. The number of benzene rings is 1. The van der Waals surface area contributed by atoms with Crippen LogP contribution in [-0.4, -0.2) is 67.4 Å². The molecule has 1 aromatic carbocycles. The molecule has 1 aromatic rings. The first-order valence-electron chi connectivity index (χ1n) is 9.54. The number of nitrogens with zero attached hydrogens (tertiary/aromatic N) is 3. The number of likely N-dealkylation sites (N-methyl/N-ethyl adjacent to an activating group) is 1. The number of likely N-dealkylation sites (tertiary alicyclic amines) is 1. The molecule has 0 atom stereocenters. The van der Waals surface area contributed by atoms with Crippen molar-refractivity contribution in [2.45, 2.75) is 33.1 Å². The van der Waals surface area contributed by atoms with Gasteiger partial charge in [-0.2, -0.15) is 0 Å². The van der Waals surface area contributed by atoms with Crippen molar-refractivity contribution in [1.82, 2.24) is 15.1 Å². The molecule has 1 N–H and O–H groups in total. The molecule has 0 aromatic heterocycles. The van der Waals surface area contributed by atoms with Gasteiger partial charge in [-0.15, -0.1) is 0 Å². The summed E-state index contributed by atoms with van der Waals surface area (Å²) in [6.45, 7) is 6.70. The quantitative estimate of drug-likeness (QED) is 0.427. The van der Waals surface area contributed by atoms with Crippen LogP contribution in [0.3, 0.4) is 0 Å². The number of rotatable bonds is 8. The normalized spacial score (nSPS) is 15.1. The Hall–Kier alpha value is -2.57. The fraction of sp³-hybridized carbons (Fsp3) is 0.550. The average Bonchev–Trinajstić information content (AvgIpc) is 2.64. The molecule has 27 heavy (non-hydrogen) atoms. The molecule has 0 saturated carbocycles. The minimum absolute atomic E-state index is 0.0913. The van der Waals surface area contributed by atoms with Gasteiger partial charge in [-0.05, 0) is 31.9 Å². The van der Waals surface area contributed by atoms with Crippen LogP contribution in [0.15, 0.2) is 29.3 Å². The summed E-state index contributed by atoms with van der Waals surface area (Å²) in [6, 6.07) is 7.93. The summed E-state index contributed by atoms with van der Waals surface area (Å²) in [5.41, 5.74) is 1.11. The molecule has 148 valence electrons. The first kappa shape index (κ1) is 20.7. The minimum atomic E-state index is -0.0913. The highest BCUT2D eigenvalue weighted by Crippen LogP contribution is 2.15. The van der Waals surface area contributed by atoms with Crippen LogP contribution < -0.4 is 10.1 Å². The number of hydrogen-bond acceptors (Lipinski definition) is 4. The van der Waals surface area contributed by atoms with E-state index < -0.39 is 0 Å². The van der Waals surface area contributed by atoms with E-state index in [9.17, 15) is 9.59 Å². The van der Waals surface area contributed by atoms with Crippen LogP contribution in [0.4, 0.5) is 0 Å². The van der Waals surface area contributed by atoms with Gasteiger partial charge in [-0.25, -0.2) is 0 Å². The molecule has 1 heterocycles. The third-order valence-corrected chi connectivity index (χ3v) is 4.44. The molecule has 0 unspecified atom stereocenters. The van der Waals surface area contributed by atoms with Gasteiger partial charge in [-0.1, -0.05) is 18.2 Å². The summed E-state index contributed by atoms with van der Waals surface area (Å²) in [5, 5.41) is 3.23. The van der Waals surface area contributed by atoms with Crippen LogP contribution in [0, 0.1) is 6.92 Å². The fourth-order valence-corrected chi connectivity index (χ4v) is 2.89. The van der Waals surface area contributed by atoms with Crippen molar-refractivity contribution in [1.29, 1.82) is 0 Å². The topological polar surface area (TPSA) is 74.2 Å². The molecular weight excluding hydrogens is 344 g/mol. The molecule has 0 bridgehead atoms. The van der Waals surface area contributed by atoms with Gasteiger partial charge in [0.1, 0.15) is 12.4 Å². The zero-order valence-electron chi connectivity index (χ0n) is 16.5. The number of carbonyl (C=O) groups excluding carboxylic acids is 2.